The fraction of sp³-hybridized carbons (Fsp3) is 0.300. The molecule has 2 rings (SSSR count). The molecule has 4 heteroatoms. The third kappa shape index (κ3) is 1.80. The number of oxazole rings is 1. The van der Waals surface area contributed by atoms with Gasteiger partial charge in [-0.25, -0.2) is 0 Å². The summed E-state index contributed by atoms with van der Waals surface area (Å²) in [7, 11) is 1.81. The number of aromatic nitrogens is 1. The van der Waals surface area contributed by atoms with Crippen molar-refractivity contribution in [2.75, 3.05) is 12.4 Å². The number of thiophene rings is 1. The van der Waals surface area contributed by atoms with Gasteiger partial charge in [-0.15, -0.1) is 11.3 Å². The molecule has 0 unspecified atom stereocenters. The van der Waals surface area contributed by atoms with E-state index in [1.807, 2.05) is 13.0 Å². The van der Waals surface area contributed by atoms with Crippen molar-refractivity contribution in [2.45, 2.75) is 13.3 Å². The second-order valence-corrected chi connectivity index (χ2v) is 4.06. The highest BCUT2D eigenvalue weighted by Crippen LogP contribution is 2.19. The zero-order chi connectivity index (χ0) is 9.97. The standard InChI is InChI=1S/C10H12N2OS/c1-7-9(12-10(11-2)13-7)6-8-4-3-5-14-8/h3-5H,6H2,1-2H3,(H,11,12). The molecular weight excluding hydrogens is 196 g/mol. The van der Waals surface area contributed by atoms with E-state index in [1.165, 1.54) is 4.88 Å². The summed E-state index contributed by atoms with van der Waals surface area (Å²) < 4.78 is 5.39. The second-order valence-electron chi connectivity index (χ2n) is 3.03. The Balaban J connectivity index is 2.20. The topological polar surface area (TPSA) is 38.1 Å². The molecule has 1 N–H and O–H groups in total. The quantitative estimate of drug-likeness (QED) is 0.842. The Morgan fingerprint density at radius 3 is 3.00 bits per heavy atom. The monoisotopic (exact) mass is 208 g/mol. The number of nitrogens with zero attached hydrogens (tertiary/aromatic N) is 1. The van der Waals surface area contributed by atoms with E-state index in [1.54, 1.807) is 18.4 Å². The molecule has 0 aliphatic heterocycles. The molecule has 0 atom stereocenters. The van der Waals surface area contributed by atoms with Crippen LogP contribution in [0.2, 0.25) is 0 Å². The average Bonchev–Trinajstić information content (AvgIpc) is 2.78. The molecular formula is C10H12N2OS. The van der Waals surface area contributed by atoms with Gasteiger partial charge < -0.3 is 9.73 Å². The van der Waals surface area contributed by atoms with Crippen LogP contribution in [0.1, 0.15) is 16.3 Å². The summed E-state index contributed by atoms with van der Waals surface area (Å²) in [6, 6.07) is 4.75. The zero-order valence-corrected chi connectivity index (χ0v) is 9.02. The smallest absolute Gasteiger partial charge is 0.294 e. The van der Waals surface area contributed by atoms with Gasteiger partial charge in [-0.05, 0) is 18.4 Å². The van der Waals surface area contributed by atoms with Crippen LogP contribution in [0, 0.1) is 6.92 Å². The summed E-state index contributed by atoms with van der Waals surface area (Å²) in [6.45, 7) is 1.94. The van der Waals surface area contributed by atoms with Gasteiger partial charge in [-0.1, -0.05) is 6.07 Å². The van der Waals surface area contributed by atoms with Crippen LogP contribution in [-0.4, -0.2) is 12.0 Å². The molecule has 0 aliphatic rings. The minimum atomic E-state index is 0.592. The maximum atomic E-state index is 5.39. The van der Waals surface area contributed by atoms with Crippen molar-refractivity contribution in [1.29, 1.82) is 0 Å². The molecule has 0 fully saturated rings. The van der Waals surface area contributed by atoms with Crippen LogP contribution in [0.25, 0.3) is 0 Å². The highest BCUT2D eigenvalue weighted by atomic mass is 32.1. The third-order valence-corrected chi connectivity index (χ3v) is 2.90. The van der Waals surface area contributed by atoms with Crippen molar-refractivity contribution in [3.8, 4) is 0 Å². The van der Waals surface area contributed by atoms with Crippen LogP contribution in [0.3, 0.4) is 0 Å². The SMILES string of the molecule is CNc1nc(Cc2cccs2)c(C)o1. The molecule has 0 aliphatic carbocycles. The fourth-order valence-electron chi connectivity index (χ4n) is 1.28. The minimum absolute atomic E-state index is 0.592. The molecule has 74 valence electrons. The Hall–Kier alpha value is -1.29. The van der Waals surface area contributed by atoms with E-state index in [4.69, 9.17) is 4.42 Å². The summed E-state index contributed by atoms with van der Waals surface area (Å²) in [5.74, 6) is 0.891. The molecule has 0 amide bonds. The lowest BCUT2D eigenvalue weighted by Gasteiger charge is -1.91. The van der Waals surface area contributed by atoms with Gasteiger partial charge in [0.2, 0.25) is 0 Å². The van der Waals surface area contributed by atoms with Gasteiger partial charge in [0.25, 0.3) is 6.01 Å². The number of nitrogens with one attached hydrogen (secondary N) is 1. The summed E-state index contributed by atoms with van der Waals surface area (Å²) in [5, 5.41) is 4.97. The van der Waals surface area contributed by atoms with Gasteiger partial charge in [0.15, 0.2) is 0 Å². The number of rotatable bonds is 3. The van der Waals surface area contributed by atoms with Gasteiger partial charge in [0.1, 0.15) is 5.76 Å². The van der Waals surface area contributed by atoms with Crippen molar-refractivity contribution < 1.29 is 4.42 Å². The minimum Gasteiger partial charge on any atom is -0.429 e. The van der Waals surface area contributed by atoms with Crippen LogP contribution in [0.15, 0.2) is 21.9 Å². The first kappa shape index (κ1) is 9.27. The first-order valence-electron chi connectivity index (χ1n) is 4.46. The number of aryl methyl sites for hydroxylation is 1. The van der Waals surface area contributed by atoms with Gasteiger partial charge >= 0.3 is 0 Å². The van der Waals surface area contributed by atoms with Crippen LogP contribution in [0.5, 0.6) is 0 Å². The van der Waals surface area contributed by atoms with Crippen molar-refractivity contribution in [2.24, 2.45) is 0 Å². The van der Waals surface area contributed by atoms with E-state index in [2.05, 4.69) is 21.7 Å². The molecule has 0 saturated carbocycles. The predicted molar refractivity (Wildman–Crippen MR) is 57.9 cm³/mol. The molecule has 2 aromatic rings. The Morgan fingerprint density at radius 1 is 1.57 bits per heavy atom. The number of anilines is 1. The lowest BCUT2D eigenvalue weighted by atomic mass is 10.2. The Labute approximate surface area is 86.8 Å². The van der Waals surface area contributed by atoms with E-state index in [0.717, 1.165) is 17.9 Å². The molecule has 14 heavy (non-hydrogen) atoms. The first-order chi connectivity index (χ1) is 6.79. The summed E-state index contributed by atoms with van der Waals surface area (Å²) >= 11 is 1.74. The first-order valence-corrected chi connectivity index (χ1v) is 5.34. The van der Waals surface area contributed by atoms with Crippen molar-refractivity contribution in [3.05, 3.63) is 33.8 Å². The number of hydrogen-bond acceptors (Lipinski definition) is 4. The highest BCUT2D eigenvalue weighted by Gasteiger charge is 2.09. The zero-order valence-electron chi connectivity index (χ0n) is 8.20. The molecule has 0 aromatic carbocycles. The fourth-order valence-corrected chi connectivity index (χ4v) is 1.99. The van der Waals surface area contributed by atoms with Crippen molar-refractivity contribution in [3.63, 3.8) is 0 Å². The molecule has 0 radical (unpaired) electrons. The van der Waals surface area contributed by atoms with Crippen molar-refractivity contribution in [1.82, 2.24) is 4.98 Å². The van der Waals surface area contributed by atoms with Crippen molar-refractivity contribution >= 4 is 17.4 Å². The van der Waals surface area contributed by atoms with E-state index in [0.29, 0.717) is 6.01 Å². The average molecular weight is 208 g/mol. The Kier molecular flexibility index (Phi) is 2.54. The highest BCUT2D eigenvalue weighted by molar-refractivity contribution is 7.09. The Morgan fingerprint density at radius 2 is 2.43 bits per heavy atom. The van der Waals surface area contributed by atoms with Crippen LogP contribution in [-0.2, 0) is 6.42 Å². The maximum absolute atomic E-state index is 5.39. The third-order valence-electron chi connectivity index (χ3n) is 2.03. The number of hydrogen-bond donors (Lipinski definition) is 1. The largest absolute Gasteiger partial charge is 0.429 e. The van der Waals surface area contributed by atoms with E-state index in [9.17, 15) is 0 Å². The van der Waals surface area contributed by atoms with Crippen LogP contribution < -0.4 is 5.32 Å². The van der Waals surface area contributed by atoms with Crippen LogP contribution in [0.4, 0.5) is 6.01 Å². The lowest BCUT2D eigenvalue weighted by Crippen LogP contribution is -1.90. The molecule has 0 bridgehead atoms. The summed E-state index contributed by atoms with van der Waals surface area (Å²) in [5.41, 5.74) is 1.01. The van der Waals surface area contributed by atoms with E-state index >= 15 is 0 Å². The van der Waals surface area contributed by atoms with Gasteiger partial charge in [-0.2, -0.15) is 4.98 Å². The van der Waals surface area contributed by atoms with Gasteiger partial charge in [0, 0.05) is 18.3 Å². The molecule has 2 aromatic heterocycles. The lowest BCUT2D eigenvalue weighted by molar-refractivity contribution is 0.541. The normalized spacial score (nSPS) is 10.4. The Bertz CT molecular complexity index is 406. The maximum Gasteiger partial charge on any atom is 0.294 e. The van der Waals surface area contributed by atoms with E-state index in [-0.39, 0.29) is 0 Å². The van der Waals surface area contributed by atoms with Gasteiger partial charge in [-0.3, -0.25) is 0 Å². The summed E-state index contributed by atoms with van der Waals surface area (Å²) in [6.07, 6.45) is 0.856. The second kappa shape index (κ2) is 3.84. The molecule has 2 heterocycles. The molecule has 0 saturated heterocycles. The summed E-state index contributed by atoms with van der Waals surface area (Å²) in [4.78, 5) is 5.64. The predicted octanol–water partition coefficient (Wildman–Crippen LogP) is 2.68. The molecule has 0 spiro atoms. The van der Waals surface area contributed by atoms with Gasteiger partial charge in [0.05, 0.1) is 5.69 Å². The molecule has 3 nitrogen and oxygen atoms in total. The van der Waals surface area contributed by atoms with Crippen LogP contribution >= 0.6 is 11.3 Å². The van der Waals surface area contributed by atoms with E-state index < -0.39 is 0 Å².